The topological polar surface area (TPSA) is 29.5 Å². The Morgan fingerprint density at radius 2 is 2.26 bits per heavy atom. The summed E-state index contributed by atoms with van der Waals surface area (Å²) in [6.07, 6.45) is 3.16. The number of rotatable bonds is 2. The summed E-state index contributed by atoms with van der Waals surface area (Å²) in [7, 11) is 0. The van der Waals surface area contributed by atoms with E-state index >= 15 is 0 Å². The fourth-order valence-electron chi connectivity index (χ4n) is 3.35. The van der Waals surface area contributed by atoms with Crippen LogP contribution < -0.4 is 0 Å². The Hall–Kier alpha value is -1.35. The molecule has 1 saturated heterocycles. The van der Waals surface area contributed by atoms with Crippen molar-refractivity contribution in [3.63, 3.8) is 0 Å². The van der Waals surface area contributed by atoms with E-state index in [1.165, 1.54) is 16.7 Å². The Morgan fingerprint density at radius 3 is 3.05 bits per heavy atom. The molecule has 1 aromatic rings. The van der Waals surface area contributed by atoms with Gasteiger partial charge in [-0.1, -0.05) is 30.7 Å². The number of benzene rings is 1. The van der Waals surface area contributed by atoms with Gasteiger partial charge in [-0.05, 0) is 37.3 Å². The molecular formula is C16H21NO2. The smallest absolute Gasteiger partial charge is 0.248 e. The van der Waals surface area contributed by atoms with Crippen LogP contribution in [0.15, 0.2) is 18.2 Å². The Kier molecular flexibility index (Phi) is 3.31. The number of hydrogen-bond donors (Lipinski definition) is 0. The van der Waals surface area contributed by atoms with Gasteiger partial charge in [-0.25, -0.2) is 0 Å². The van der Waals surface area contributed by atoms with Crippen molar-refractivity contribution in [1.82, 2.24) is 4.90 Å². The monoisotopic (exact) mass is 259 g/mol. The predicted octanol–water partition coefficient (Wildman–Crippen LogP) is 2.62. The molecule has 0 radical (unpaired) electrons. The predicted molar refractivity (Wildman–Crippen MR) is 74.0 cm³/mol. The second-order valence-corrected chi connectivity index (χ2v) is 5.63. The van der Waals surface area contributed by atoms with E-state index in [1.807, 2.05) is 4.90 Å². The van der Waals surface area contributed by atoms with Crippen LogP contribution >= 0.6 is 0 Å². The Bertz CT molecular complexity index is 498. The van der Waals surface area contributed by atoms with Gasteiger partial charge in [-0.15, -0.1) is 0 Å². The van der Waals surface area contributed by atoms with Crippen LogP contribution in [0, 0.1) is 6.92 Å². The van der Waals surface area contributed by atoms with Crippen LogP contribution in [0.5, 0.6) is 0 Å². The maximum atomic E-state index is 12.0. The van der Waals surface area contributed by atoms with Gasteiger partial charge in [0, 0.05) is 6.54 Å². The average molecular weight is 259 g/mol. The molecule has 3 rings (SSSR count). The van der Waals surface area contributed by atoms with Gasteiger partial charge >= 0.3 is 0 Å². The highest BCUT2D eigenvalue weighted by molar-refractivity contribution is 5.78. The average Bonchev–Trinajstić information content (AvgIpc) is 2.41. The number of ether oxygens (including phenoxy) is 1. The molecule has 0 saturated carbocycles. The molecule has 2 atom stereocenters. The van der Waals surface area contributed by atoms with E-state index in [9.17, 15) is 4.79 Å². The maximum Gasteiger partial charge on any atom is 0.248 e. The van der Waals surface area contributed by atoms with Crippen LogP contribution in [-0.4, -0.2) is 30.0 Å². The number of aryl methyl sites for hydroxylation is 2. The number of amides is 1. The zero-order valence-electron chi connectivity index (χ0n) is 11.7. The lowest BCUT2D eigenvalue weighted by atomic mass is 9.83. The summed E-state index contributed by atoms with van der Waals surface area (Å²) in [6, 6.07) is 6.84. The van der Waals surface area contributed by atoms with Crippen LogP contribution in [0.4, 0.5) is 0 Å². The van der Waals surface area contributed by atoms with Crippen molar-refractivity contribution < 1.29 is 9.53 Å². The molecule has 0 spiro atoms. The molecule has 1 aliphatic heterocycles. The summed E-state index contributed by atoms with van der Waals surface area (Å²) in [5.41, 5.74) is 3.95. The molecule has 0 unspecified atom stereocenters. The standard InChI is InChI=1S/C16H21NO2/c1-3-8-17-14-7-6-12-5-4-11(2)9-13(12)16(14)19-10-15(17)18/h4-5,9,14,16H,3,6-8,10H2,1-2H3/t14-,16-/m1/s1. The first-order valence-electron chi connectivity index (χ1n) is 7.21. The van der Waals surface area contributed by atoms with Crippen LogP contribution in [0.3, 0.4) is 0 Å². The summed E-state index contributed by atoms with van der Waals surface area (Å²) in [5.74, 6) is 0.152. The van der Waals surface area contributed by atoms with Gasteiger partial charge in [-0.3, -0.25) is 4.79 Å². The lowest BCUT2D eigenvalue weighted by Crippen LogP contribution is -2.52. The molecule has 2 aliphatic rings. The van der Waals surface area contributed by atoms with E-state index in [2.05, 4.69) is 32.0 Å². The molecule has 19 heavy (non-hydrogen) atoms. The van der Waals surface area contributed by atoms with E-state index in [0.717, 1.165) is 25.8 Å². The van der Waals surface area contributed by atoms with Crippen LogP contribution in [0.2, 0.25) is 0 Å². The Labute approximate surface area is 114 Å². The molecule has 3 nitrogen and oxygen atoms in total. The third-order valence-corrected chi connectivity index (χ3v) is 4.24. The van der Waals surface area contributed by atoms with Crippen LogP contribution in [0.1, 0.15) is 42.6 Å². The fourth-order valence-corrected chi connectivity index (χ4v) is 3.35. The van der Waals surface area contributed by atoms with Crippen molar-refractivity contribution in [2.45, 2.75) is 45.3 Å². The number of carbonyl (C=O) groups is 1. The molecule has 3 heteroatoms. The number of nitrogens with zero attached hydrogens (tertiary/aromatic N) is 1. The minimum Gasteiger partial charge on any atom is -0.362 e. The van der Waals surface area contributed by atoms with E-state index in [4.69, 9.17) is 4.74 Å². The molecule has 1 aromatic carbocycles. The van der Waals surface area contributed by atoms with Gasteiger partial charge in [0.2, 0.25) is 5.91 Å². The van der Waals surface area contributed by atoms with Gasteiger partial charge in [0.05, 0.1) is 6.04 Å². The highest BCUT2D eigenvalue weighted by Gasteiger charge is 2.40. The SMILES string of the molecule is CCCN1C(=O)CO[C@@H]2c3cc(C)ccc3CC[C@H]21. The van der Waals surface area contributed by atoms with Gasteiger partial charge in [-0.2, -0.15) is 0 Å². The Balaban J connectivity index is 1.95. The lowest BCUT2D eigenvalue weighted by Gasteiger charge is -2.44. The molecule has 0 N–H and O–H groups in total. The van der Waals surface area contributed by atoms with Crippen LogP contribution in [-0.2, 0) is 16.0 Å². The normalized spacial score (nSPS) is 26.0. The zero-order valence-corrected chi connectivity index (χ0v) is 11.7. The molecule has 1 fully saturated rings. The lowest BCUT2D eigenvalue weighted by molar-refractivity contribution is -0.159. The van der Waals surface area contributed by atoms with E-state index in [-0.39, 0.29) is 24.7 Å². The summed E-state index contributed by atoms with van der Waals surface area (Å²) >= 11 is 0. The summed E-state index contributed by atoms with van der Waals surface area (Å²) in [6.45, 7) is 5.32. The second-order valence-electron chi connectivity index (χ2n) is 5.63. The zero-order chi connectivity index (χ0) is 13.4. The third kappa shape index (κ3) is 2.16. The maximum absolute atomic E-state index is 12.0. The molecule has 0 aromatic heterocycles. The highest BCUT2D eigenvalue weighted by Crippen LogP contribution is 2.38. The van der Waals surface area contributed by atoms with Gasteiger partial charge < -0.3 is 9.64 Å². The van der Waals surface area contributed by atoms with E-state index in [1.54, 1.807) is 0 Å². The summed E-state index contributed by atoms with van der Waals surface area (Å²) in [4.78, 5) is 14.1. The first kappa shape index (κ1) is 12.7. The molecule has 1 aliphatic carbocycles. The minimum absolute atomic E-state index is 0.0768. The van der Waals surface area contributed by atoms with Crippen molar-refractivity contribution in [2.75, 3.05) is 13.2 Å². The number of fused-ring (bicyclic) bond motifs is 3. The van der Waals surface area contributed by atoms with E-state index in [0.29, 0.717) is 0 Å². The summed E-state index contributed by atoms with van der Waals surface area (Å²) < 4.78 is 5.86. The minimum atomic E-state index is 0.0768. The highest BCUT2D eigenvalue weighted by atomic mass is 16.5. The number of carbonyl (C=O) groups excluding carboxylic acids is 1. The molecule has 102 valence electrons. The molecule has 1 heterocycles. The van der Waals surface area contributed by atoms with Gasteiger partial charge in [0.25, 0.3) is 0 Å². The van der Waals surface area contributed by atoms with Gasteiger partial charge in [0.15, 0.2) is 0 Å². The molecule has 1 amide bonds. The molecule has 0 bridgehead atoms. The largest absolute Gasteiger partial charge is 0.362 e. The van der Waals surface area contributed by atoms with Crippen molar-refractivity contribution >= 4 is 5.91 Å². The molecular weight excluding hydrogens is 238 g/mol. The number of morpholine rings is 1. The number of hydrogen-bond acceptors (Lipinski definition) is 2. The van der Waals surface area contributed by atoms with Gasteiger partial charge in [0.1, 0.15) is 12.7 Å². The fraction of sp³-hybridized carbons (Fsp3) is 0.562. The first-order chi connectivity index (χ1) is 9.20. The first-order valence-corrected chi connectivity index (χ1v) is 7.21. The van der Waals surface area contributed by atoms with Crippen molar-refractivity contribution in [1.29, 1.82) is 0 Å². The van der Waals surface area contributed by atoms with Crippen molar-refractivity contribution in [3.05, 3.63) is 34.9 Å². The summed E-state index contributed by atoms with van der Waals surface area (Å²) in [5, 5.41) is 0. The Morgan fingerprint density at radius 1 is 1.42 bits per heavy atom. The van der Waals surface area contributed by atoms with Crippen molar-refractivity contribution in [3.8, 4) is 0 Å². The third-order valence-electron chi connectivity index (χ3n) is 4.24. The van der Waals surface area contributed by atoms with Crippen LogP contribution in [0.25, 0.3) is 0 Å². The second kappa shape index (κ2) is 4.97. The quantitative estimate of drug-likeness (QED) is 0.817. The van der Waals surface area contributed by atoms with Crippen molar-refractivity contribution in [2.24, 2.45) is 0 Å². The van der Waals surface area contributed by atoms with E-state index < -0.39 is 0 Å².